The molecule has 10 N–H and O–H groups in total. The van der Waals surface area contributed by atoms with Gasteiger partial charge in [-0.3, -0.25) is 4.79 Å². The zero-order valence-corrected chi connectivity index (χ0v) is 30.7. The Hall–Kier alpha value is -4.22. The second kappa shape index (κ2) is 20.0. The second-order valence-corrected chi connectivity index (χ2v) is 13.6. The van der Waals surface area contributed by atoms with E-state index < -0.39 is 105 Å². The molecule has 12 atom stereocenters. The number of rotatable bonds is 15. The summed E-state index contributed by atoms with van der Waals surface area (Å²) in [4.78, 5) is 26.9. The molecule has 3 aliphatic rings. The number of esters is 2. The Morgan fingerprint density at radius 3 is 1.95 bits per heavy atom. The van der Waals surface area contributed by atoms with E-state index in [-0.39, 0.29) is 48.0 Å². The summed E-state index contributed by atoms with van der Waals surface area (Å²) < 4.78 is 38.9. The van der Waals surface area contributed by atoms with Gasteiger partial charge < -0.3 is 84.2 Å². The van der Waals surface area contributed by atoms with E-state index in [1.807, 2.05) is 0 Å². The standard InChI is InChI=1S/C38H48O19/c1-2-21-22(14-28(43)54-20-6-3-18(4-7-20)9-12-52-37-33(48)31(46)29(44)26(15-39)55-37)23(35(50)51-11-10-19-5-8-24(41)25(42)13-19)17-53-36(21)57-38-34(49)32(47)30(45)27(16-40)56-38/h2-8,13,17,22,26-27,29-34,36-42,44-49H,9-12,14-16H2,1H3/b21-2-/t22-,26+,27+,29+,30+,31-,32-,33+,34+,36-,37+,38-/m0/s1. The number of benzene rings is 2. The first-order chi connectivity index (χ1) is 27.3. The number of carbonyl (C=O) groups excluding carboxylic acids is 2. The van der Waals surface area contributed by atoms with Gasteiger partial charge in [0.1, 0.15) is 54.6 Å². The van der Waals surface area contributed by atoms with Gasteiger partial charge in [0, 0.05) is 17.9 Å². The van der Waals surface area contributed by atoms with E-state index in [9.17, 15) is 60.7 Å². The summed E-state index contributed by atoms with van der Waals surface area (Å²) in [5.74, 6) is -3.24. The number of aliphatic hydroxyl groups is 8. The fraction of sp³-hybridized carbons (Fsp3) is 0.526. The molecule has 0 aromatic heterocycles. The normalized spacial score (nSPS) is 32.3. The zero-order chi connectivity index (χ0) is 41.4. The Kier molecular flexibility index (Phi) is 15.4. The lowest BCUT2D eigenvalue weighted by atomic mass is 9.86. The predicted octanol–water partition coefficient (Wildman–Crippen LogP) is -1.84. The SMILES string of the molecule is C/C=C1\[C@H](O[C@@H]2O[C@H](CO)[C@@H](O)[C@H](O)[C@H]2O)OC=C(C(=O)OCCc2ccc(O)c(O)c2)[C@H]1CC(=O)Oc1ccc(CCO[C@@H]2O[C@H](CO)[C@@H](O)[C@H](O)[C@H]2O)cc1. The first-order valence-electron chi connectivity index (χ1n) is 18.1. The van der Waals surface area contributed by atoms with Crippen LogP contribution in [0, 0.1) is 5.92 Å². The molecule has 314 valence electrons. The molecule has 2 aromatic carbocycles. The van der Waals surface area contributed by atoms with Crippen molar-refractivity contribution in [1.82, 2.24) is 0 Å². The highest BCUT2D eigenvalue weighted by molar-refractivity contribution is 5.91. The van der Waals surface area contributed by atoms with E-state index in [2.05, 4.69) is 0 Å². The van der Waals surface area contributed by atoms with Gasteiger partial charge in [0.2, 0.25) is 6.29 Å². The Morgan fingerprint density at radius 2 is 1.33 bits per heavy atom. The van der Waals surface area contributed by atoms with Crippen molar-refractivity contribution in [3.05, 3.63) is 77.1 Å². The first-order valence-corrected chi connectivity index (χ1v) is 18.1. The highest BCUT2D eigenvalue weighted by atomic mass is 16.8. The van der Waals surface area contributed by atoms with Crippen LogP contribution in [0.1, 0.15) is 24.5 Å². The van der Waals surface area contributed by atoms with Crippen LogP contribution in [0.3, 0.4) is 0 Å². The van der Waals surface area contributed by atoms with E-state index >= 15 is 0 Å². The largest absolute Gasteiger partial charge is 0.504 e. The fourth-order valence-corrected chi connectivity index (χ4v) is 6.44. The van der Waals surface area contributed by atoms with E-state index in [4.69, 9.17) is 33.2 Å². The second-order valence-electron chi connectivity index (χ2n) is 13.6. The van der Waals surface area contributed by atoms with Crippen molar-refractivity contribution < 1.29 is 93.8 Å². The van der Waals surface area contributed by atoms with Crippen molar-refractivity contribution >= 4 is 11.9 Å². The third-order valence-corrected chi connectivity index (χ3v) is 9.75. The average molecular weight is 809 g/mol. The Labute approximate surface area is 326 Å². The number of hydrogen-bond acceptors (Lipinski definition) is 19. The molecule has 3 aliphatic heterocycles. The number of phenols is 2. The topological polar surface area (TPSA) is 301 Å². The van der Waals surface area contributed by atoms with Crippen molar-refractivity contribution in [2.75, 3.05) is 26.4 Å². The average Bonchev–Trinajstić information content (AvgIpc) is 3.20. The monoisotopic (exact) mass is 808 g/mol. The molecule has 0 amide bonds. The van der Waals surface area contributed by atoms with Crippen LogP contribution in [0.4, 0.5) is 0 Å². The molecular weight excluding hydrogens is 760 g/mol. The fourth-order valence-electron chi connectivity index (χ4n) is 6.44. The number of aromatic hydroxyl groups is 2. The molecule has 0 bridgehead atoms. The third kappa shape index (κ3) is 10.6. The molecule has 0 saturated carbocycles. The van der Waals surface area contributed by atoms with Crippen LogP contribution in [0.25, 0.3) is 0 Å². The minimum Gasteiger partial charge on any atom is -0.504 e. The van der Waals surface area contributed by atoms with E-state index in [0.717, 1.165) is 11.8 Å². The molecule has 3 heterocycles. The van der Waals surface area contributed by atoms with Gasteiger partial charge >= 0.3 is 11.9 Å². The van der Waals surface area contributed by atoms with Crippen molar-refractivity contribution in [3.63, 3.8) is 0 Å². The van der Waals surface area contributed by atoms with E-state index in [1.165, 1.54) is 36.4 Å². The van der Waals surface area contributed by atoms with Gasteiger partial charge in [-0.2, -0.15) is 0 Å². The highest BCUT2D eigenvalue weighted by Crippen LogP contribution is 2.37. The molecule has 2 saturated heterocycles. The molecule has 0 unspecified atom stereocenters. The minimum atomic E-state index is -1.77. The molecule has 57 heavy (non-hydrogen) atoms. The lowest BCUT2D eigenvalue weighted by Gasteiger charge is -2.41. The number of carbonyl (C=O) groups is 2. The van der Waals surface area contributed by atoms with Crippen LogP contribution >= 0.6 is 0 Å². The van der Waals surface area contributed by atoms with Crippen LogP contribution in [-0.2, 0) is 50.9 Å². The smallest absolute Gasteiger partial charge is 0.337 e. The third-order valence-electron chi connectivity index (χ3n) is 9.75. The van der Waals surface area contributed by atoms with Crippen LogP contribution in [0.15, 0.2) is 65.9 Å². The van der Waals surface area contributed by atoms with Crippen molar-refractivity contribution in [3.8, 4) is 17.2 Å². The Balaban J connectivity index is 1.24. The number of ether oxygens (including phenoxy) is 7. The lowest BCUT2D eigenvalue weighted by Crippen LogP contribution is -2.60. The van der Waals surface area contributed by atoms with Crippen molar-refractivity contribution in [1.29, 1.82) is 0 Å². The summed E-state index contributed by atoms with van der Waals surface area (Å²) in [5.41, 5.74) is 1.39. The first kappa shape index (κ1) is 43.9. The molecule has 19 nitrogen and oxygen atoms in total. The molecule has 2 fully saturated rings. The van der Waals surface area contributed by atoms with E-state index in [1.54, 1.807) is 19.1 Å². The summed E-state index contributed by atoms with van der Waals surface area (Å²) in [7, 11) is 0. The predicted molar refractivity (Wildman–Crippen MR) is 190 cm³/mol. The van der Waals surface area contributed by atoms with Crippen LogP contribution in [0.5, 0.6) is 17.2 Å². The molecule has 19 heteroatoms. The Morgan fingerprint density at radius 1 is 0.737 bits per heavy atom. The highest BCUT2D eigenvalue weighted by Gasteiger charge is 2.47. The maximum absolute atomic E-state index is 13.4. The van der Waals surface area contributed by atoms with Crippen LogP contribution < -0.4 is 4.74 Å². The summed E-state index contributed by atoms with van der Waals surface area (Å²) in [6.45, 7) is 0.132. The molecular formula is C38H48O19. The summed E-state index contributed by atoms with van der Waals surface area (Å²) in [5, 5.41) is 99.4. The molecule has 0 spiro atoms. The van der Waals surface area contributed by atoms with Crippen LogP contribution in [-0.4, -0.2) is 157 Å². The zero-order valence-electron chi connectivity index (χ0n) is 30.7. The molecule has 5 rings (SSSR count). The minimum absolute atomic E-state index is 0.0205. The van der Waals surface area contributed by atoms with Gasteiger partial charge in [-0.05, 0) is 48.7 Å². The number of aliphatic hydroxyl groups excluding tert-OH is 8. The van der Waals surface area contributed by atoms with Gasteiger partial charge in [0.15, 0.2) is 24.1 Å². The van der Waals surface area contributed by atoms with Gasteiger partial charge in [0.05, 0.1) is 44.7 Å². The van der Waals surface area contributed by atoms with Crippen molar-refractivity contribution in [2.24, 2.45) is 5.92 Å². The van der Waals surface area contributed by atoms with Crippen molar-refractivity contribution in [2.45, 2.75) is 93.9 Å². The van der Waals surface area contributed by atoms with Gasteiger partial charge in [-0.25, -0.2) is 4.79 Å². The maximum atomic E-state index is 13.4. The number of allylic oxidation sites excluding steroid dienone is 1. The Bertz CT molecular complexity index is 1710. The maximum Gasteiger partial charge on any atom is 0.337 e. The molecule has 0 aliphatic carbocycles. The van der Waals surface area contributed by atoms with Crippen LogP contribution in [0.2, 0.25) is 0 Å². The van der Waals surface area contributed by atoms with Gasteiger partial charge in [0.25, 0.3) is 0 Å². The summed E-state index contributed by atoms with van der Waals surface area (Å²) >= 11 is 0. The van der Waals surface area contributed by atoms with Gasteiger partial charge in [-0.1, -0.05) is 24.3 Å². The summed E-state index contributed by atoms with van der Waals surface area (Å²) in [6.07, 6.45) is -14.0. The van der Waals surface area contributed by atoms with E-state index in [0.29, 0.717) is 12.0 Å². The quantitative estimate of drug-likeness (QED) is 0.0409. The van der Waals surface area contributed by atoms with Gasteiger partial charge in [-0.15, -0.1) is 0 Å². The summed E-state index contributed by atoms with van der Waals surface area (Å²) in [6, 6.07) is 10.5. The number of hydrogen-bond donors (Lipinski definition) is 10. The molecule has 2 aromatic rings. The number of phenolic OH excluding ortho intramolecular Hbond substituents is 2. The molecule has 0 radical (unpaired) electrons. The lowest BCUT2D eigenvalue weighted by molar-refractivity contribution is -0.327.